The van der Waals surface area contributed by atoms with Crippen molar-refractivity contribution in [1.29, 1.82) is 0 Å². The molecule has 0 radical (unpaired) electrons. The Bertz CT molecular complexity index is 421. The van der Waals surface area contributed by atoms with Crippen molar-refractivity contribution >= 4 is 0 Å². The minimum Gasteiger partial charge on any atom is -0.370 e. The first-order valence-electron chi connectivity index (χ1n) is 8.38. The summed E-state index contributed by atoms with van der Waals surface area (Å²) in [5.74, 6) is -2.11. The van der Waals surface area contributed by atoms with Gasteiger partial charge < -0.3 is 33.2 Å². The van der Waals surface area contributed by atoms with Crippen molar-refractivity contribution in [2.75, 3.05) is 27.4 Å². The van der Waals surface area contributed by atoms with E-state index in [0.29, 0.717) is 13.2 Å². The van der Waals surface area contributed by atoms with Crippen molar-refractivity contribution in [1.82, 2.24) is 0 Å². The van der Waals surface area contributed by atoms with Gasteiger partial charge in [0.15, 0.2) is 17.4 Å². The summed E-state index contributed by atoms with van der Waals surface area (Å²) in [6.07, 6.45) is -1.06. The van der Waals surface area contributed by atoms with Crippen LogP contribution >= 0.6 is 0 Å². The third-order valence-corrected chi connectivity index (χ3v) is 4.38. The Kier molecular flexibility index (Phi) is 5.97. The topological polar surface area (TPSA) is 64.6 Å². The fourth-order valence-corrected chi connectivity index (χ4v) is 2.80. The van der Waals surface area contributed by atoms with E-state index >= 15 is 0 Å². The van der Waals surface area contributed by atoms with Gasteiger partial charge in [-0.2, -0.15) is 0 Å². The fourth-order valence-electron chi connectivity index (χ4n) is 2.80. The lowest BCUT2D eigenvalue weighted by molar-refractivity contribution is -0.279. The predicted molar refractivity (Wildman–Crippen MR) is 86.6 cm³/mol. The van der Waals surface area contributed by atoms with Gasteiger partial charge in [0, 0.05) is 14.2 Å². The molecule has 0 N–H and O–H groups in total. The average molecular weight is 348 g/mol. The molecule has 0 amide bonds. The molecule has 0 saturated carbocycles. The number of ether oxygens (including phenoxy) is 7. The van der Waals surface area contributed by atoms with Crippen LogP contribution in [-0.4, -0.2) is 69.2 Å². The zero-order valence-corrected chi connectivity index (χ0v) is 16.1. The number of methoxy groups -OCH3 is 2. The van der Waals surface area contributed by atoms with Gasteiger partial charge in [0.1, 0.15) is 24.4 Å². The molecule has 2 saturated heterocycles. The summed E-state index contributed by atoms with van der Waals surface area (Å²) in [6.45, 7) is 11.9. The maximum absolute atomic E-state index is 6.07. The summed E-state index contributed by atoms with van der Waals surface area (Å²) in [6, 6.07) is 0. The quantitative estimate of drug-likeness (QED) is 0.653. The lowest BCUT2D eigenvalue weighted by Crippen LogP contribution is -2.56. The molecule has 0 aromatic rings. The van der Waals surface area contributed by atoms with Crippen molar-refractivity contribution in [3.05, 3.63) is 0 Å². The summed E-state index contributed by atoms with van der Waals surface area (Å²) in [7, 11) is 3.22. The van der Waals surface area contributed by atoms with E-state index in [-0.39, 0.29) is 24.4 Å². The molecule has 0 bridgehead atoms. The van der Waals surface area contributed by atoms with Crippen molar-refractivity contribution in [2.45, 2.75) is 83.3 Å². The SMILES string of the molecule is COC(C)(C)OC[C@H]1OC[C@H](OC(C)(C)OC)[C@H]2OC(C)(C)O[C@H]21. The van der Waals surface area contributed by atoms with Gasteiger partial charge >= 0.3 is 0 Å². The highest BCUT2D eigenvalue weighted by atomic mass is 16.8. The Morgan fingerprint density at radius 1 is 0.958 bits per heavy atom. The minimum absolute atomic E-state index is 0.248. The standard InChI is InChI=1S/C17H32O7/c1-15(2,18-7)21-10-11-13-14(24-17(5,6)23-13)12(9-20-11)22-16(3,4)19-8/h11-14H,9-10H2,1-8H3/t11-,12+,13+,14-/m1/s1. The molecule has 0 unspecified atom stereocenters. The number of rotatable bonds is 7. The Morgan fingerprint density at radius 2 is 1.54 bits per heavy atom. The maximum Gasteiger partial charge on any atom is 0.164 e. The van der Waals surface area contributed by atoms with E-state index in [0.717, 1.165) is 0 Å². The molecule has 0 spiro atoms. The van der Waals surface area contributed by atoms with E-state index in [1.54, 1.807) is 14.2 Å². The summed E-state index contributed by atoms with van der Waals surface area (Å²) in [5.41, 5.74) is 0. The van der Waals surface area contributed by atoms with Gasteiger partial charge in [-0.1, -0.05) is 0 Å². The molecule has 2 aliphatic rings. The molecule has 2 rings (SSSR count). The number of fused-ring (bicyclic) bond motifs is 1. The van der Waals surface area contributed by atoms with Gasteiger partial charge in [0.25, 0.3) is 0 Å². The molecule has 0 aromatic heterocycles. The molecule has 7 heteroatoms. The largest absolute Gasteiger partial charge is 0.370 e. The normalized spacial score (nSPS) is 33.5. The summed E-state index contributed by atoms with van der Waals surface area (Å²) in [4.78, 5) is 0. The van der Waals surface area contributed by atoms with E-state index < -0.39 is 17.4 Å². The van der Waals surface area contributed by atoms with Gasteiger partial charge in [-0.3, -0.25) is 0 Å². The van der Waals surface area contributed by atoms with Crippen LogP contribution in [0.2, 0.25) is 0 Å². The number of hydrogen-bond acceptors (Lipinski definition) is 7. The molecular weight excluding hydrogens is 316 g/mol. The first kappa shape index (κ1) is 20.0. The molecule has 2 heterocycles. The third kappa shape index (κ3) is 4.88. The van der Waals surface area contributed by atoms with Crippen molar-refractivity contribution < 1.29 is 33.2 Å². The van der Waals surface area contributed by atoms with Crippen molar-refractivity contribution in [3.8, 4) is 0 Å². The highest BCUT2D eigenvalue weighted by Gasteiger charge is 2.53. The molecule has 0 aromatic carbocycles. The summed E-state index contributed by atoms with van der Waals surface area (Å²) < 4.78 is 40.6. The smallest absolute Gasteiger partial charge is 0.164 e. The van der Waals surface area contributed by atoms with Crippen LogP contribution in [0.1, 0.15) is 41.5 Å². The van der Waals surface area contributed by atoms with Gasteiger partial charge in [0.2, 0.25) is 0 Å². The summed E-state index contributed by atoms with van der Waals surface area (Å²) in [5, 5.41) is 0. The van der Waals surface area contributed by atoms with E-state index in [1.165, 1.54) is 0 Å². The van der Waals surface area contributed by atoms with Gasteiger partial charge in [-0.25, -0.2) is 0 Å². The fraction of sp³-hybridized carbons (Fsp3) is 1.00. The minimum atomic E-state index is -0.726. The second-order valence-corrected chi connectivity index (χ2v) is 7.61. The van der Waals surface area contributed by atoms with Crippen molar-refractivity contribution in [2.24, 2.45) is 0 Å². The molecule has 7 nitrogen and oxygen atoms in total. The second kappa shape index (κ2) is 7.15. The summed E-state index contributed by atoms with van der Waals surface area (Å²) >= 11 is 0. The molecule has 4 atom stereocenters. The first-order valence-corrected chi connectivity index (χ1v) is 8.38. The zero-order chi connectivity index (χ0) is 18.2. The van der Waals surface area contributed by atoms with Gasteiger partial charge in [-0.15, -0.1) is 0 Å². The second-order valence-electron chi connectivity index (χ2n) is 7.61. The molecule has 24 heavy (non-hydrogen) atoms. The highest BCUT2D eigenvalue weighted by molar-refractivity contribution is 4.96. The van der Waals surface area contributed by atoms with Crippen molar-refractivity contribution in [3.63, 3.8) is 0 Å². The highest BCUT2D eigenvalue weighted by Crippen LogP contribution is 2.38. The van der Waals surface area contributed by atoms with E-state index in [9.17, 15) is 0 Å². The lowest BCUT2D eigenvalue weighted by Gasteiger charge is -2.40. The van der Waals surface area contributed by atoms with Crippen LogP contribution < -0.4 is 0 Å². The molecule has 2 fully saturated rings. The van der Waals surface area contributed by atoms with Crippen LogP contribution in [0.15, 0.2) is 0 Å². The van der Waals surface area contributed by atoms with E-state index in [1.807, 2.05) is 41.5 Å². The first-order chi connectivity index (χ1) is 11.0. The third-order valence-electron chi connectivity index (χ3n) is 4.38. The Morgan fingerprint density at radius 3 is 2.12 bits per heavy atom. The molecular formula is C17H32O7. The van der Waals surface area contributed by atoms with Crippen LogP contribution in [0.3, 0.4) is 0 Å². The lowest BCUT2D eigenvalue weighted by atomic mass is 10.00. The van der Waals surface area contributed by atoms with Crippen LogP contribution in [-0.2, 0) is 33.2 Å². The maximum atomic E-state index is 6.07. The molecule has 2 aliphatic heterocycles. The van der Waals surface area contributed by atoms with E-state index in [4.69, 9.17) is 33.2 Å². The predicted octanol–water partition coefficient (Wildman–Crippen LogP) is 2.07. The zero-order valence-electron chi connectivity index (χ0n) is 16.1. The Balaban J connectivity index is 2.06. The Labute approximate surface area is 144 Å². The van der Waals surface area contributed by atoms with Crippen LogP contribution in [0.25, 0.3) is 0 Å². The van der Waals surface area contributed by atoms with Crippen LogP contribution in [0, 0.1) is 0 Å². The van der Waals surface area contributed by atoms with Crippen LogP contribution in [0.4, 0.5) is 0 Å². The number of hydrogen-bond donors (Lipinski definition) is 0. The molecule has 0 aliphatic carbocycles. The Hall–Kier alpha value is -0.280. The van der Waals surface area contributed by atoms with E-state index in [2.05, 4.69) is 0 Å². The van der Waals surface area contributed by atoms with Gasteiger partial charge in [0.05, 0.1) is 13.2 Å². The monoisotopic (exact) mass is 348 g/mol. The van der Waals surface area contributed by atoms with Gasteiger partial charge in [-0.05, 0) is 41.5 Å². The van der Waals surface area contributed by atoms with Crippen LogP contribution in [0.5, 0.6) is 0 Å². The average Bonchev–Trinajstić information content (AvgIpc) is 2.82. The molecule has 142 valence electrons.